The van der Waals surface area contributed by atoms with Crippen molar-refractivity contribution in [2.45, 2.75) is 27.2 Å². The monoisotopic (exact) mass is 284 g/mol. The highest BCUT2D eigenvalue weighted by molar-refractivity contribution is 5.57. The fourth-order valence-electron chi connectivity index (χ4n) is 2.05. The van der Waals surface area contributed by atoms with Gasteiger partial charge in [0.1, 0.15) is 5.82 Å². The highest BCUT2D eigenvalue weighted by atomic mass is 15.2. The van der Waals surface area contributed by atoms with E-state index in [0.717, 1.165) is 30.2 Å². The Kier molecular flexibility index (Phi) is 5.14. The molecule has 1 N–H and O–H groups in total. The number of anilines is 3. The highest BCUT2D eigenvalue weighted by Crippen LogP contribution is 2.21. The number of benzene rings is 1. The van der Waals surface area contributed by atoms with Gasteiger partial charge in [-0.05, 0) is 31.4 Å². The summed E-state index contributed by atoms with van der Waals surface area (Å²) < 4.78 is 0. The van der Waals surface area contributed by atoms with Crippen molar-refractivity contribution in [1.29, 1.82) is 0 Å². The zero-order valence-corrected chi connectivity index (χ0v) is 13.3. The molecule has 0 fully saturated rings. The highest BCUT2D eigenvalue weighted by Gasteiger charge is 2.09. The minimum atomic E-state index is 0.687. The number of hydrogen-bond acceptors (Lipinski definition) is 4. The van der Waals surface area contributed by atoms with Crippen LogP contribution in [0.2, 0.25) is 0 Å². The zero-order valence-electron chi connectivity index (χ0n) is 13.3. The van der Waals surface area contributed by atoms with Crippen molar-refractivity contribution in [2.24, 2.45) is 5.92 Å². The van der Waals surface area contributed by atoms with Gasteiger partial charge in [-0.3, -0.25) is 0 Å². The van der Waals surface area contributed by atoms with Crippen molar-refractivity contribution in [3.63, 3.8) is 0 Å². The Bertz CT molecular complexity index is 566. The second-order valence-electron chi connectivity index (χ2n) is 5.70. The number of para-hydroxylation sites is 1. The van der Waals surface area contributed by atoms with Gasteiger partial charge in [0.05, 0.1) is 0 Å². The predicted molar refractivity (Wildman–Crippen MR) is 89.2 cm³/mol. The van der Waals surface area contributed by atoms with E-state index < -0.39 is 0 Å². The van der Waals surface area contributed by atoms with Crippen LogP contribution in [0.1, 0.15) is 26.0 Å². The first kappa shape index (κ1) is 15.3. The molecule has 0 aliphatic heterocycles. The normalized spacial score (nSPS) is 10.7. The molecule has 0 spiro atoms. The summed E-state index contributed by atoms with van der Waals surface area (Å²) in [6, 6.07) is 12.1. The van der Waals surface area contributed by atoms with Crippen LogP contribution >= 0.6 is 0 Å². The van der Waals surface area contributed by atoms with Crippen LogP contribution in [0.5, 0.6) is 0 Å². The summed E-state index contributed by atoms with van der Waals surface area (Å²) in [6.07, 6.45) is 1.13. The molecule has 21 heavy (non-hydrogen) atoms. The number of nitrogens with zero attached hydrogens (tertiary/aromatic N) is 3. The summed E-state index contributed by atoms with van der Waals surface area (Å²) in [5.41, 5.74) is 2.05. The molecule has 0 aliphatic carbocycles. The average molecular weight is 284 g/mol. The van der Waals surface area contributed by atoms with E-state index in [4.69, 9.17) is 0 Å². The SMILES string of the molecule is Cc1cc(NCCC(C)C)nc(N(C)c2ccccc2)n1. The van der Waals surface area contributed by atoms with Crippen LogP contribution in [0, 0.1) is 12.8 Å². The van der Waals surface area contributed by atoms with Crippen molar-refractivity contribution in [3.8, 4) is 0 Å². The third-order valence-electron chi connectivity index (χ3n) is 3.31. The van der Waals surface area contributed by atoms with E-state index in [-0.39, 0.29) is 0 Å². The molecule has 0 unspecified atom stereocenters. The van der Waals surface area contributed by atoms with Crippen molar-refractivity contribution in [3.05, 3.63) is 42.1 Å². The van der Waals surface area contributed by atoms with Gasteiger partial charge in [-0.25, -0.2) is 4.98 Å². The van der Waals surface area contributed by atoms with Gasteiger partial charge in [0.15, 0.2) is 0 Å². The van der Waals surface area contributed by atoms with Gasteiger partial charge in [-0.1, -0.05) is 32.0 Å². The number of aryl methyl sites for hydroxylation is 1. The minimum Gasteiger partial charge on any atom is -0.370 e. The van der Waals surface area contributed by atoms with Crippen molar-refractivity contribution >= 4 is 17.5 Å². The lowest BCUT2D eigenvalue weighted by Gasteiger charge is -2.18. The Labute approximate surface area is 127 Å². The third kappa shape index (κ3) is 4.45. The average Bonchev–Trinajstić information content (AvgIpc) is 2.46. The maximum atomic E-state index is 4.61. The predicted octanol–water partition coefficient (Wildman–Crippen LogP) is 4.01. The molecular weight excluding hydrogens is 260 g/mol. The van der Waals surface area contributed by atoms with E-state index >= 15 is 0 Å². The van der Waals surface area contributed by atoms with Crippen LogP contribution in [-0.2, 0) is 0 Å². The number of rotatable bonds is 6. The lowest BCUT2D eigenvalue weighted by molar-refractivity contribution is 0.606. The topological polar surface area (TPSA) is 41.1 Å². The maximum absolute atomic E-state index is 4.61. The van der Waals surface area contributed by atoms with E-state index in [2.05, 4.69) is 41.3 Å². The molecule has 0 atom stereocenters. The largest absolute Gasteiger partial charge is 0.370 e. The minimum absolute atomic E-state index is 0.687. The molecule has 0 aliphatic rings. The molecule has 0 amide bonds. The quantitative estimate of drug-likeness (QED) is 0.870. The molecule has 0 bridgehead atoms. The summed E-state index contributed by atoms with van der Waals surface area (Å²) in [6.45, 7) is 7.38. The van der Waals surface area contributed by atoms with Crippen molar-refractivity contribution in [2.75, 3.05) is 23.8 Å². The maximum Gasteiger partial charge on any atom is 0.231 e. The second kappa shape index (κ2) is 7.07. The Morgan fingerprint density at radius 3 is 2.52 bits per heavy atom. The van der Waals surface area contributed by atoms with Gasteiger partial charge in [0, 0.05) is 31.0 Å². The van der Waals surface area contributed by atoms with Gasteiger partial charge in [0.2, 0.25) is 5.95 Å². The van der Waals surface area contributed by atoms with Gasteiger partial charge >= 0.3 is 0 Å². The third-order valence-corrected chi connectivity index (χ3v) is 3.31. The summed E-state index contributed by atoms with van der Waals surface area (Å²) in [5.74, 6) is 2.29. The summed E-state index contributed by atoms with van der Waals surface area (Å²) in [5, 5.41) is 3.39. The van der Waals surface area contributed by atoms with Gasteiger partial charge in [0.25, 0.3) is 0 Å². The molecule has 0 saturated carbocycles. The van der Waals surface area contributed by atoms with E-state index in [0.29, 0.717) is 11.9 Å². The second-order valence-corrected chi connectivity index (χ2v) is 5.70. The lowest BCUT2D eigenvalue weighted by atomic mass is 10.1. The first-order chi connectivity index (χ1) is 10.1. The van der Waals surface area contributed by atoms with Gasteiger partial charge < -0.3 is 10.2 Å². The smallest absolute Gasteiger partial charge is 0.231 e. The van der Waals surface area contributed by atoms with Crippen LogP contribution < -0.4 is 10.2 Å². The van der Waals surface area contributed by atoms with Crippen LogP contribution in [-0.4, -0.2) is 23.6 Å². The molecule has 0 saturated heterocycles. The fourth-order valence-corrected chi connectivity index (χ4v) is 2.05. The zero-order chi connectivity index (χ0) is 15.2. The lowest BCUT2D eigenvalue weighted by Crippen LogP contribution is -2.15. The van der Waals surface area contributed by atoms with E-state index in [9.17, 15) is 0 Å². The van der Waals surface area contributed by atoms with E-state index in [1.807, 2.05) is 43.1 Å². The Balaban J connectivity index is 2.14. The molecule has 2 rings (SSSR count). The Morgan fingerprint density at radius 2 is 1.86 bits per heavy atom. The molecule has 1 heterocycles. The van der Waals surface area contributed by atoms with Crippen LogP contribution in [0.3, 0.4) is 0 Å². The van der Waals surface area contributed by atoms with Gasteiger partial charge in [-0.2, -0.15) is 4.98 Å². The molecule has 1 aromatic heterocycles. The van der Waals surface area contributed by atoms with Crippen LogP contribution in [0.25, 0.3) is 0 Å². The molecule has 0 radical (unpaired) electrons. The van der Waals surface area contributed by atoms with Crippen LogP contribution in [0.15, 0.2) is 36.4 Å². The van der Waals surface area contributed by atoms with Crippen molar-refractivity contribution < 1.29 is 0 Å². The standard InChI is InChI=1S/C17H24N4/c1-13(2)10-11-18-16-12-14(3)19-17(20-16)21(4)15-8-6-5-7-9-15/h5-9,12-13H,10-11H2,1-4H3,(H,18,19,20). The van der Waals surface area contributed by atoms with E-state index in [1.165, 1.54) is 0 Å². The van der Waals surface area contributed by atoms with Crippen molar-refractivity contribution in [1.82, 2.24) is 9.97 Å². The first-order valence-electron chi connectivity index (χ1n) is 7.44. The Hall–Kier alpha value is -2.10. The molecular formula is C17H24N4. The Morgan fingerprint density at radius 1 is 1.14 bits per heavy atom. The van der Waals surface area contributed by atoms with E-state index in [1.54, 1.807) is 0 Å². The molecule has 2 aromatic rings. The number of nitrogens with one attached hydrogen (secondary N) is 1. The molecule has 4 heteroatoms. The summed E-state index contributed by atoms with van der Waals surface area (Å²) in [7, 11) is 1.99. The molecule has 112 valence electrons. The first-order valence-corrected chi connectivity index (χ1v) is 7.44. The fraction of sp³-hybridized carbons (Fsp3) is 0.412. The molecule has 4 nitrogen and oxygen atoms in total. The summed E-state index contributed by atoms with van der Waals surface area (Å²) in [4.78, 5) is 11.1. The molecule has 1 aromatic carbocycles. The number of aromatic nitrogens is 2. The number of hydrogen-bond donors (Lipinski definition) is 1. The van der Waals surface area contributed by atoms with Crippen LogP contribution in [0.4, 0.5) is 17.5 Å². The van der Waals surface area contributed by atoms with Gasteiger partial charge in [-0.15, -0.1) is 0 Å². The summed E-state index contributed by atoms with van der Waals surface area (Å²) >= 11 is 0.